The number of halogens is 1. The lowest BCUT2D eigenvalue weighted by Gasteiger charge is -2.21. The van der Waals surface area contributed by atoms with E-state index in [-0.39, 0.29) is 0 Å². The van der Waals surface area contributed by atoms with E-state index in [1.54, 1.807) is 0 Å². The van der Waals surface area contributed by atoms with Gasteiger partial charge in [-0.1, -0.05) is 0 Å². The van der Waals surface area contributed by atoms with Crippen molar-refractivity contribution in [2.45, 2.75) is 32.1 Å². The summed E-state index contributed by atoms with van der Waals surface area (Å²) in [7, 11) is 0. The number of rotatable bonds is 7. The zero-order valence-corrected chi connectivity index (χ0v) is 9.60. The number of hydrogen-bond acceptors (Lipinski definition) is 2. The summed E-state index contributed by atoms with van der Waals surface area (Å²) in [5.41, 5.74) is 0. The zero-order chi connectivity index (χ0) is 10.1. The molecule has 0 aromatic rings. The van der Waals surface area contributed by atoms with Gasteiger partial charge in [0.25, 0.3) is 0 Å². The Kier molecular flexibility index (Phi) is 7.47. The van der Waals surface area contributed by atoms with Crippen LogP contribution in [0.2, 0.25) is 0 Å². The zero-order valence-electron chi connectivity index (χ0n) is 8.84. The second kappa shape index (κ2) is 8.51. The maximum Gasteiger partial charge on any atom is 0.0495 e. The maximum absolute atomic E-state index is 5.62. The van der Waals surface area contributed by atoms with Crippen molar-refractivity contribution in [1.82, 2.24) is 0 Å². The summed E-state index contributed by atoms with van der Waals surface area (Å²) >= 11 is 5.58. The molecule has 0 aliphatic carbocycles. The highest BCUT2D eigenvalue weighted by atomic mass is 35.5. The molecule has 1 aliphatic rings. The van der Waals surface area contributed by atoms with Gasteiger partial charge in [0.05, 0.1) is 0 Å². The van der Waals surface area contributed by atoms with E-state index in [1.165, 1.54) is 19.3 Å². The topological polar surface area (TPSA) is 18.5 Å². The Balaban J connectivity index is 1.82. The molecule has 84 valence electrons. The van der Waals surface area contributed by atoms with Crippen LogP contribution in [0.1, 0.15) is 32.1 Å². The summed E-state index contributed by atoms with van der Waals surface area (Å²) in [6.45, 7) is 3.65. The van der Waals surface area contributed by atoms with E-state index >= 15 is 0 Å². The van der Waals surface area contributed by atoms with Gasteiger partial charge in [0.1, 0.15) is 0 Å². The first kappa shape index (κ1) is 12.3. The Morgan fingerprint density at radius 3 is 2.64 bits per heavy atom. The summed E-state index contributed by atoms with van der Waals surface area (Å²) in [4.78, 5) is 0. The Hall–Kier alpha value is 0.210. The molecular weight excluding hydrogens is 200 g/mol. The van der Waals surface area contributed by atoms with Crippen LogP contribution in [0.5, 0.6) is 0 Å². The predicted molar refractivity (Wildman–Crippen MR) is 58.9 cm³/mol. The maximum atomic E-state index is 5.62. The molecule has 2 nitrogen and oxygen atoms in total. The van der Waals surface area contributed by atoms with E-state index in [0.717, 1.165) is 51.1 Å². The largest absolute Gasteiger partial charge is 0.381 e. The van der Waals surface area contributed by atoms with Crippen LogP contribution in [0.3, 0.4) is 0 Å². The van der Waals surface area contributed by atoms with Gasteiger partial charge in [-0.25, -0.2) is 0 Å². The first-order chi connectivity index (χ1) is 6.93. The summed E-state index contributed by atoms with van der Waals surface area (Å²) < 4.78 is 10.9. The number of unbranched alkanes of at least 4 members (excludes halogenated alkanes) is 2. The third-order valence-electron chi connectivity index (χ3n) is 2.62. The minimum atomic E-state index is 0.733. The Bertz CT molecular complexity index is 124. The molecular formula is C11H21ClO2. The normalized spacial score (nSPS) is 18.6. The molecule has 0 N–H and O–H groups in total. The van der Waals surface area contributed by atoms with Gasteiger partial charge in [-0.2, -0.15) is 0 Å². The average molecular weight is 221 g/mol. The number of alkyl halides is 1. The lowest BCUT2D eigenvalue weighted by molar-refractivity contribution is 0.0199. The van der Waals surface area contributed by atoms with Crippen LogP contribution in [-0.4, -0.2) is 32.3 Å². The molecule has 0 aromatic heterocycles. The average Bonchev–Trinajstić information content (AvgIpc) is 2.25. The van der Waals surface area contributed by atoms with Gasteiger partial charge in [-0.15, -0.1) is 11.6 Å². The Labute approximate surface area is 91.9 Å². The van der Waals surface area contributed by atoms with Gasteiger partial charge >= 0.3 is 0 Å². The lowest BCUT2D eigenvalue weighted by atomic mass is 10.0. The van der Waals surface area contributed by atoms with Gasteiger partial charge in [-0.3, -0.25) is 0 Å². The van der Waals surface area contributed by atoms with E-state index in [1.807, 2.05) is 0 Å². The molecule has 1 heterocycles. The van der Waals surface area contributed by atoms with E-state index in [9.17, 15) is 0 Å². The molecule has 14 heavy (non-hydrogen) atoms. The van der Waals surface area contributed by atoms with Crippen molar-refractivity contribution in [2.24, 2.45) is 5.92 Å². The molecule has 0 aromatic carbocycles. The third-order valence-corrected chi connectivity index (χ3v) is 2.88. The van der Waals surface area contributed by atoms with E-state index in [2.05, 4.69) is 0 Å². The van der Waals surface area contributed by atoms with Gasteiger partial charge in [0.2, 0.25) is 0 Å². The van der Waals surface area contributed by atoms with Gasteiger partial charge in [0.15, 0.2) is 0 Å². The molecule has 0 spiro atoms. The highest BCUT2D eigenvalue weighted by Crippen LogP contribution is 2.14. The van der Waals surface area contributed by atoms with Crippen molar-refractivity contribution >= 4 is 11.6 Å². The van der Waals surface area contributed by atoms with Crippen LogP contribution in [0, 0.1) is 5.92 Å². The van der Waals surface area contributed by atoms with Gasteiger partial charge < -0.3 is 9.47 Å². The lowest BCUT2D eigenvalue weighted by Crippen LogP contribution is -2.20. The molecule has 1 fully saturated rings. The third kappa shape index (κ3) is 5.84. The predicted octanol–water partition coefficient (Wildman–Crippen LogP) is 2.84. The quantitative estimate of drug-likeness (QED) is 0.485. The first-order valence-electron chi connectivity index (χ1n) is 5.65. The van der Waals surface area contributed by atoms with Crippen molar-refractivity contribution in [1.29, 1.82) is 0 Å². The van der Waals surface area contributed by atoms with Crippen LogP contribution >= 0.6 is 11.6 Å². The fourth-order valence-electron chi connectivity index (χ4n) is 1.64. The molecule has 0 amide bonds. The van der Waals surface area contributed by atoms with Gasteiger partial charge in [0, 0.05) is 32.3 Å². The van der Waals surface area contributed by atoms with Crippen molar-refractivity contribution in [2.75, 3.05) is 32.3 Å². The van der Waals surface area contributed by atoms with Crippen molar-refractivity contribution in [3.63, 3.8) is 0 Å². The van der Waals surface area contributed by atoms with Crippen molar-refractivity contribution in [3.05, 3.63) is 0 Å². The molecule has 1 saturated heterocycles. The summed E-state index contributed by atoms with van der Waals surface area (Å²) in [6, 6.07) is 0. The second-order valence-corrected chi connectivity index (χ2v) is 4.26. The molecule has 1 rings (SSSR count). The fraction of sp³-hybridized carbons (Fsp3) is 1.00. The molecule has 0 bridgehead atoms. The molecule has 0 radical (unpaired) electrons. The van der Waals surface area contributed by atoms with Crippen molar-refractivity contribution in [3.8, 4) is 0 Å². The first-order valence-corrected chi connectivity index (χ1v) is 6.18. The fourth-order valence-corrected chi connectivity index (χ4v) is 1.83. The highest BCUT2D eigenvalue weighted by Gasteiger charge is 2.13. The summed E-state index contributed by atoms with van der Waals surface area (Å²) in [5.74, 6) is 1.51. The molecule has 3 heteroatoms. The van der Waals surface area contributed by atoms with E-state index < -0.39 is 0 Å². The van der Waals surface area contributed by atoms with Crippen LogP contribution < -0.4 is 0 Å². The minimum Gasteiger partial charge on any atom is -0.381 e. The van der Waals surface area contributed by atoms with Crippen LogP contribution in [0.4, 0.5) is 0 Å². The molecule has 0 saturated carbocycles. The summed E-state index contributed by atoms with van der Waals surface area (Å²) in [5, 5.41) is 0. The number of ether oxygens (including phenoxy) is 2. The van der Waals surface area contributed by atoms with E-state index in [0.29, 0.717) is 0 Å². The minimum absolute atomic E-state index is 0.733. The van der Waals surface area contributed by atoms with E-state index in [4.69, 9.17) is 21.1 Å². The van der Waals surface area contributed by atoms with Crippen LogP contribution in [0.15, 0.2) is 0 Å². The highest BCUT2D eigenvalue weighted by molar-refractivity contribution is 6.17. The summed E-state index contributed by atoms with van der Waals surface area (Å²) in [6.07, 6.45) is 5.79. The van der Waals surface area contributed by atoms with Gasteiger partial charge in [-0.05, 0) is 38.0 Å². The van der Waals surface area contributed by atoms with Crippen LogP contribution in [-0.2, 0) is 9.47 Å². The second-order valence-electron chi connectivity index (χ2n) is 3.88. The number of hydrogen-bond donors (Lipinski definition) is 0. The van der Waals surface area contributed by atoms with Crippen molar-refractivity contribution < 1.29 is 9.47 Å². The van der Waals surface area contributed by atoms with Crippen LogP contribution in [0.25, 0.3) is 0 Å². The SMILES string of the molecule is ClCCCCCOCC1CCOCC1. The molecule has 0 unspecified atom stereocenters. The molecule has 0 atom stereocenters. The Morgan fingerprint density at radius 1 is 1.14 bits per heavy atom. The smallest absolute Gasteiger partial charge is 0.0495 e. The Morgan fingerprint density at radius 2 is 1.93 bits per heavy atom. The standard InChI is InChI=1S/C11H21ClO2/c12-6-2-1-3-7-14-10-11-4-8-13-9-5-11/h11H,1-10H2. The molecule has 1 aliphatic heterocycles. The monoisotopic (exact) mass is 220 g/mol.